The maximum Gasteiger partial charge on any atom is 0.124 e. The largest absolute Gasteiger partial charge is 0.316 e. The van der Waals surface area contributed by atoms with Crippen molar-refractivity contribution in [2.45, 2.75) is 16.3 Å². The van der Waals surface area contributed by atoms with Gasteiger partial charge in [0.25, 0.3) is 0 Å². The fourth-order valence-electron chi connectivity index (χ4n) is 1.65. The molecule has 0 atom stereocenters. The van der Waals surface area contributed by atoms with Crippen LogP contribution in [0.3, 0.4) is 0 Å². The smallest absolute Gasteiger partial charge is 0.124 e. The summed E-state index contributed by atoms with van der Waals surface area (Å²) in [5.74, 6) is -0.194. The molecule has 0 radical (unpaired) electrons. The Morgan fingerprint density at radius 2 is 2.00 bits per heavy atom. The highest BCUT2D eigenvalue weighted by atomic mass is 79.9. The van der Waals surface area contributed by atoms with Crippen molar-refractivity contribution in [3.8, 4) is 0 Å². The number of hydrogen-bond donors (Lipinski definition) is 1. The van der Waals surface area contributed by atoms with E-state index < -0.39 is 0 Å². The van der Waals surface area contributed by atoms with E-state index in [0.717, 1.165) is 19.8 Å². The van der Waals surface area contributed by atoms with Crippen LogP contribution in [0, 0.1) is 5.82 Å². The summed E-state index contributed by atoms with van der Waals surface area (Å²) in [7, 11) is 1.85. The van der Waals surface area contributed by atoms with Crippen LogP contribution in [0.25, 0.3) is 0 Å². The molecule has 0 saturated carbocycles. The highest BCUT2D eigenvalue weighted by Gasteiger charge is 2.03. The van der Waals surface area contributed by atoms with Crippen LogP contribution in [0.2, 0.25) is 0 Å². The van der Waals surface area contributed by atoms with Crippen LogP contribution in [0.5, 0.6) is 0 Å². The molecule has 2 aromatic rings. The minimum absolute atomic E-state index is 0.194. The SMILES string of the molecule is CNCc1cc(F)cc(Sc2cccc(Br)c2)c1. The zero-order chi connectivity index (χ0) is 13.0. The Morgan fingerprint density at radius 3 is 2.72 bits per heavy atom. The van der Waals surface area contributed by atoms with E-state index in [9.17, 15) is 4.39 Å². The molecular weight excluding hydrogens is 313 g/mol. The van der Waals surface area contributed by atoms with E-state index in [1.807, 2.05) is 37.4 Å². The maximum atomic E-state index is 13.5. The van der Waals surface area contributed by atoms with Crippen molar-refractivity contribution in [3.05, 3.63) is 58.3 Å². The quantitative estimate of drug-likeness (QED) is 0.890. The van der Waals surface area contributed by atoms with Crippen molar-refractivity contribution in [2.24, 2.45) is 0 Å². The van der Waals surface area contributed by atoms with Crippen molar-refractivity contribution in [1.29, 1.82) is 0 Å². The van der Waals surface area contributed by atoms with Gasteiger partial charge in [-0.05, 0) is 49.0 Å². The second kappa shape index (κ2) is 6.36. The van der Waals surface area contributed by atoms with Gasteiger partial charge in [0.2, 0.25) is 0 Å². The predicted octanol–water partition coefficient (Wildman–Crippen LogP) is 4.46. The number of hydrogen-bond acceptors (Lipinski definition) is 2. The predicted molar refractivity (Wildman–Crippen MR) is 77.4 cm³/mol. The molecule has 0 aliphatic heterocycles. The van der Waals surface area contributed by atoms with Crippen LogP contribution in [-0.2, 0) is 6.54 Å². The lowest BCUT2D eigenvalue weighted by molar-refractivity contribution is 0.619. The van der Waals surface area contributed by atoms with Gasteiger partial charge in [0.1, 0.15) is 5.82 Å². The molecule has 1 nitrogen and oxygen atoms in total. The minimum Gasteiger partial charge on any atom is -0.316 e. The molecule has 0 saturated heterocycles. The molecule has 0 aromatic heterocycles. The summed E-state index contributed by atoms with van der Waals surface area (Å²) in [4.78, 5) is 2.00. The van der Waals surface area contributed by atoms with Crippen LogP contribution < -0.4 is 5.32 Å². The van der Waals surface area contributed by atoms with Crippen molar-refractivity contribution in [2.75, 3.05) is 7.05 Å². The third kappa shape index (κ3) is 3.83. The molecular formula is C14H13BrFNS. The molecule has 0 heterocycles. The lowest BCUT2D eigenvalue weighted by atomic mass is 10.2. The topological polar surface area (TPSA) is 12.0 Å². The van der Waals surface area contributed by atoms with Gasteiger partial charge in [-0.15, -0.1) is 0 Å². The van der Waals surface area contributed by atoms with Crippen LogP contribution >= 0.6 is 27.7 Å². The summed E-state index contributed by atoms with van der Waals surface area (Å²) < 4.78 is 14.5. The molecule has 0 aliphatic rings. The van der Waals surface area contributed by atoms with Gasteiger partial charge in [0, 0.05) is 20.8 Å². The second-order valence-corrected chi connectivity index (χ2v) is 5.95. The standard InChI is InChI=1S/C14H13BrFNS/c1-17-9-10-5-12(16)8-14(6-10)18-13-4-2-3-11(15)7-13/h2-8,17H,9H2,1H3. The maximum absolute atomic E-state index is 13.5. The normalized spacial score (nSPS) is 10.6. The van der Waals surface area contributed by atoms with Gasteiger partial charge in [0.05, 0.1) is 0 Å². The molecule has 2 rings (SSSR count). The van der Waals surface area contributed by atoms with Crippen LogP contribution in [-0.4, -0.2) is 7.05 Å². The summed E-state index contributed by atoms with van der Waals surface area (Å²) in [6.45, 7) is 0.670. The third-order valence-corrected chi connectivity index (χ3v) is 3.80. The highest BCUT2D eigenvalue weighted by molar-refractivity contribution is 9.10. The Labute approximate surface area is 119 Å². The van der Waals surface area contributed by atoms with Crippen LogP contribution in [0.4, 0.5) is 4.39 Å². The van der Waals surface area contributed by atoms with Gasteiger partial charge >= 0.3 is 0 Å². The minimum atomic E-state index is -0.194. The van der Waals surface area contributed by atoms with E-state index in [4.69, 9.17) is 0 Å². The molecule has 0 amide bonds. The summed E-state index contributed by atoms with van der Waals surface area (Å²) in [5.41, 5.74) is 0.954. The summed E-state index contributed by atoms with van der Waals surface area (Å²) in [5, 5.41) is 3.03. The molecule has 0 unspecified atom stereocenters. The zero-order valence-corrected chi connectivity index (χ0v) is 12.3. The Morgan fingerprint density at radius 1 is 1.17 bits per heavy atom. The van der Waals surface area contributed by atoms with Crippen molar-refractivity contribution >= 4 is 27.7 Å². The lowest BCUT2D eigenvalue weighted by Crippen LogP contribution is -2.05. The van der Waals surface area contributed by atoms with Gasteiger partial charge < -0.3 is 5.32 Å². The first-order valence-electron chi connectivity index (χ1n) is 5.55. The molecule has 18 heavy (non-hydrogen) atoms. The average Bonchev–Trinajstić information content (AvgIpc) is 2.28. The molecule has 4 heteroatoms. The van der Waals surface area contributed by atoms with E-state index in [2.05, 4.69) is 21.2 Å². The summed E-state index contributed by atoms with van der Waals surface area (Å²) >= 11 is 4.99. The first-order chi connectivity index (χ1) is 8.67. The molecule has 0 fully saturated rings. The molecule has 1 N–H and O–H groups in total. The van der Waals surface area contributed by atoms with Gasteiger partial charge in [-0.3, -0.25) is 0 Å². The fraction of sp³-hybridized carbons (Fsp3) is 0.143. The van der Waals surface area contributed by atoms with Crippen LogP contribution in [0.15, 0.2) is 56.7 Å². The molecule has 94 valence electrons. The number of rotatable bonds is 4. The van der Waals surface area contributed by atoms with Crippen molar-refractivity contribution in [1.82, 2.24) is 5.32 Å². The zero-order valence-electron chi connectivity index (χ0n) is 9.91. The lowest BCUT2D eigenvalue weighted by Gasteiger charge is -2.06. The average molecular weight is 326 g/mol. The number of nitrogens with one attached hydrogen (secondary N) is 1. The second-order valence-electron chi connectivity index (χ2n) is 3.88. The molecule has 0 aliphatic carbocycles. The van der Waals surface area contributed by atoms with Crippen LogP contribution in [0.1, 0.15) is 5.56 Å². The van der Waals surface area contributed by atoms with Crippen molar-refractivity contribution < 1.29 is 4.39 Å². The van der Waals surface area contributed by atoms with Gasteiger partial charge in [0.15, 0.2) is 0 Å². The summed E-state index contributed by atoms with van der Waals surface area (Å²) in [6.07, 6.45) is 0. The Kier molecular flexibility index (Phi) is 4.80. The third-order valence-electron chi connectivity index (χ3n) is 2.34. The van der Waals surface area contributed by atoms with E-state index in [1.54, 1.807) is 23.9 Å². The van der Waals surface area contributed by atoms with Gasteiger partial charge in [-0.1, -0.05) is 33.8 Å². The van der Waals surface area contributed by atoms with E-state index in [-0.39, 0.29) is 5.82 Å². The highest BCUT2D eigenvalue weighted by Crippen LogP contribution is 2.30. The number of halogens is 2. The molecule has 0 spiro atoms. The van der Waals surface area contributed by atoms with Gasteiger partial charge in [-0.25, -0.2) is 4.39 Å². The monoisotopic (exact) mass is 325 g/mol. The summed E-state index contributed by atoms with van der Waals surface area (Å²) in [6, 6.07) is 13.1. The fourth-order valence-corrected chi connectivity index (χ4v) is 3.19. The van der Waals surface area contributed by atoms with E-state index in [1.165, 1.54) is 0 Å². The number of benzene rings is 2. The Hall–Kier alpha value is -0.840. The molecule has 0 bridgehead atoms. The first-order valence-corrected chi connectivity index (χ1v) is 7.16. The van der Waals surface area contributed by atoms with E-state index >= 15 is 0 Å². The van der Waals surface area contributed by atoms with E-state index in [0.29, 0.717) is 6.54 Å². The Balaban J connectivity index is 2.23. The first kappa shape index (κ1) is 13.6. The van der Waals surface area contributed by atoms with Crippen molar-refractivity contribution in [3.63, 3.8) is 0 Å². The van der Waals surface area contributed by atoms with Gasteiger partial charge in [-0.2, -0.15) is 0 Å². The Bertz CT molecular complexity index is 545. The molecule has 2 aromatic carbocycles.